The van der Waals surface area contributed by atoms with Gasteiger partial charge < -0.3 is 4.74 Å². The van der Waals surface area contributed by atoms with Gasteiger partial charge in [-0.05, 0) is 36.2 Å². The fraction of sp³-hybridized carbons (Fsp3) is 0.118. The third-order valence-electron chi connectivity index (χ3n) is 3.21. The number of aromatic nitrogens is 1. The van der Waals surface area contributed by atoms with Crippen LogP contribution < -0.4 is 4.74 Å². The van der Waals surface area contributed by atoms with E-state index >= 15 is 0 Å². The monoisotopic (exact) mass is 283 g/mol. The van der Waals surface area contributed by atoms with Gasteiger partial charge in [-0.15, -0.1) is 11.6 Å². The number of benzene rings is 2. The third-order valence-corrected chi connectivity index (χ3v) is 3.52. The summed E-state index contributed by atoms with van der Waals surface area (Å²) >= 11 is 5.84. The molecule has 0 bridgehead atoms. The summed E-state index contributed by atoms with van der Waals surface area (Å²) < 4.78 is 6.02. The Bertz CT molecular complexity index is 750. The van der Waals surface area contributed by atoms with E-state index in [0.29, 0.717) is 5.88 Å². The summed E-state index contributed by atoms with van der Waals surface area (Å²) in [6.45, 7) is 2.02. The number of nitrogens with zero attached hydrogens (tertiary/aromatic N) is 1. The van der Waals surface area contributed by atoms with E-state index in [0.717, 1.165) is 33.5 Å². The third kappa shape index (κ3) is 2.47. The van der Waals surface area contributed by atoms with Gasteiger partial charge in [-0.1, -0.05) is 30.3 Å². The molecule has 2 nitrogen and oxygen atoms in total. The Morgan fingerprint density at radius 2 is 1.90 bits per heavy atom. The Labute approximate surface area is 123 Å². The van der Waals surface area contributed by atoms with Crippen molar-refractivity contribution in [2.75, 3.05) is 0 Å². The predicted molar refractivity (Wildman–Crippen MR) is 82.6 cm³/mol. The first-order valence-corrected chi connectivity index (χ1v) is 6.98. The molecule has 0 saturated carbocycles. The molecule has 3 aromatic rings. The van der Waals surface area contributed by atoms with Crippen LogP contribution in [0.1, 0.15) is 11.1 Å². The van der Waals surface area contributed by atoms with Crippen LogP contribution in [-0.4, -0.2) is 4.98 Å². The van der Waals surface area contributed by atoms with E-state index in [4.69, 9.17) is 16.3 Å². The van der Waals surface area contributed by atoms with Gasteiger partial charge in [0.25, 0.3) is 0 Å². The molecule has 0 fully saturated rings. The molecule has 0 aliphatic rings. The molecule has 20 heavy (non-hydrogen) atoms. The van der Waals surface area contributed by atoms with E-state index in [9.17, 15) is 0 Å². The highest BCUT2D eigenvalue weighted by molar-refractivity contribution is 6.17. The molecule has 0 N–H and O–H groups in total. The normalized spacial score (nSPS) is 10.7. The zero-order chi connectivity index (χ0) is 13.9. The second kappa shape index (κ2) is 5.51. The van der Waals surface area contributed by atoms with Gasteiger partial charge >= 0.3 is 0 Å². The number of alkyl halides is 1. The van der Waals surface area contributed by atoms with Gasteiger partial charge in [0.1, 0.15) is 11.3 Å². The summed E-state index contributed by atoms with van der Waals surface area (Å²) in [5.74, 6) is 2.11. The quantitative estimate of drug-likeness (QED) is 0.626. The number of halogens is 1. The number of hydrogen-bond donors (Lipinski definition) is 0. The van der Waals surface area contributed by atoms with Gasteiger partial charge in [-0.2, -0.15) is 0 Å². The van der Waals surface area contributed by atoms with Gasteiger partial charge in [-0.25, -0.2) is 0 Å². The minimum absolute atomic E-state index is 0.511. The van der Waals surface area contributed by atoms with Crippen LogP contribution in [0.2, 0.25) is 0 Å². The smallest absolute Gasteiger partial charge is 0.153 e. The highest BCUT2D eigenvalue weighted by Gasteiger charge is 2.06. The molecule has 0 saturated heterocycles. The lowest BCUT2D eigenvalue weighted by Gasteiger charge is -2.11. The van der Waals surface area contributed by atoms with E-state index in [1.807, 2.05) is 55.5 Å². The Balaban J connectivity index is 2.01. The lowest BCUT2D eigenvalue weighted by Crippen LogP contribution is -1.91. The fourth-order valence-corrected chi connectivity index (χ4v) is 2.35. The van der Waals surface area contributed by atoms with Gasteiger partial charge in [0, 0.05) is 17.5 Å². The van der Waals surface area contributed by atoms with E-state index in [-0.39, 0.29) is 0 Å². The molecular weight excluding hydrogens is 270 g/mol. The van der Waals surface area contributed by atoms with Crippen LogP contribution in [-0.2, 0) is 5.88 Å². The minimum Gasteiger partial charge on any atom is -0.455 e. The summed E-state index contributed by atoms with van der Waals surface area (Å²) in [5.41, 5.74) is 3.03. The molecule has 0 aliphatic heterocycles. The number of pyridine rings is 1. The summed E-state index contributed by atoms with van der Waals surface area (Å²) in [6, 6.07) is 15.9. The first kappa shape index (κ1) is 12.9. The van der Waals surface area contributed by atoms with Crippen molar-refractivity contribution in [1.82, 2.24) is 4.98 Å². The van der Waals surface area contributed by atoms with Crippen molar-refractivity contribution < 1.29 is 4.74 Å². The van der Waals surface area contributed by atoms with Crippen molar-refractivity contribution in [3.8, 4) is 11.5 Å². The highest BCUT2D eigenvalue weighted by atomic mass is 35.5. The minimum atomic E-state index is 0.511. The van der Waals surface area contributed by atoms with Crippen LogP contribution in [0.25, 0.3) is 10.9 Å². The van der Waals surface area contributed by atoms with Gasteiger partial charge in [0.2, 0.25) is 0 Å². The zero-order valence-corrected chi connectivity index (χ0v) is 11.9. The number of ether oxygens (including phenoxy) is 1. The maximum atomic E-state index is 6.02. The van der Waals surface area contributed by atoms with Gasteiger partial charge in [-0.3, -0.25) is 4.98 Å². The number of aryl methyl sites for hydroxylation is 1. The number of hydrogen-bond acceptors (Lipinski definition) is 2. The zero-order valence-electron chi connectivity index (χ0n) is 11.1. The van der Waals surface area contributed by atoms with Crippen molar-refractivity contribution in [2.45, 2.75) is 12.8 Å². The van der Waals surface area contributed by atoms with Crippen molar-refractivity contribution in [3.63, 3.8) is 0 Å². The molecule has 0 radical (unpaired) electrons. The van der Waals surface area contributed by atoms with Gasteiger partial charge in [0.15, 0.2) is 5.75 Å². The Morgan fingerprint density at radius 3 is 2.70 bits per heavy atom. The van der Waals surface area contributed by atoms with E-state index in [2.05, 4.69) is 4.98 Å². The number of fused-ring (bicyclic) bond motifs is 1. The molecule has 1 heterocycles. The van der Waals surface area contributed by atoms with Crippen LogP contribution in [0.3, 0.4) is 0 Å². The lowest BCUT2D eigenvalue weighted by atomic mass is 10.1. The molecule has 1 aromatic heterocycles. The predicted octanol–water partition coefficient (Wildman–Crippen LogP) is 5.07. The summed E-state index contributed by atoms with van der Waals surface area (Å²) in [7, 11) is 0. The van der Waals surface area contributed by atoms with Crippen LogP contribution in [0.5, 0.6) is 11.5 Å². The van der Waals surface area contributed by atoms with Gasteiger partial charge in [0.05, 0.1) is 0 Å². The van der Waals surface area contributed by atoms with E-state index < -0.39 is 0 Å². The number of rotatable bonds is 3. The van der Waals surface area contributed by atoms with Crippen molar-refractivity contribution >= 4 is 22.5 Å². The van der Waals surface area contributed by atoms with E-state index in [1.54, 1.807) is 6.20 Å². The Kier molecular flexibility index (Phi) is 3.57. The molecule has 2 aromatic carbocycles. The van der Waals surface area contributed by atoms with Crippen molar-refractivity contribution in [2.24, 2.45) is 0 Å². The van der Waals surface area contributed by atoms with Crippen LogP contribution >= 0.6 is 11.6 Å². The Hall–Kier alpha value is -2.06. The average molecular weight is 284 g/mol. The average Bonchev–Trinajstić information content (AvgIpc) is 2.49. The second-order valence-corrected chi connectivity index (χ2v) is 4.93. The molecule has 0 atom stereocenters. The topological polar surface area (TPSA) is 22.1 Å². The summed E-state index contributed by atoms with van der Waals surface area (Å²) in [6.07, 6.45) is 1.78. The lowest BCUT2D eigenvalue weighted by molar-refractivity contribution is 0.483. The molecule has 0 unspecified atom stereocenters. The second-order valence-electron chi connectivity index (χ2n) is 4.67. The molecule has 3 heteroatoms. The maximum absolute atomic E-state index is 6.02. The van der Waals surface area contributed by atoms with E-state index in [1.165, 1.54) is 0 Å². The molecule has 0 aliphatic carbocycles. The van der Waals surface area contributed by atoms with Crippen LogP contribution in [0.15, 0.2) is 54.7 Å². The first-order chi connectivity index (χ1) is 9.78. The van der Waals surface area contributed by atoms with Crippen LogP contribution in [0.4, 0.5) is 0 Å². The Morgan fingerprint density at radius 1 is 1.05 bits per heavy atom. The fourth-order valence-electron chi connectivity index (χ4n) is 2.19. The largest absolute Gasteiger partial charge is 0.455 e. The maximum Gasteiger partial charge on any atom is 0.153 e. The number of para-hydroxylation sites is 1. The molecular formula is C17H14ClNO. The van der Waals surface area contributed by atoms with Crippen LogP contribution in [0, 0.1) is 6.92 Å². The molecule has 0 amide bonds. The van der Waals surface area contributed by atoms with Crippen molar-refractivity contribution in [1.29, 1.82) is 0 Å². The molecule has 0 spiro atoms. The molecule has 3 rings (SSSR count). The van der Waals surface area contributed by atoms with Crippen molar-refractivity contribution in [3.05, 3.63) is 65.9 Å². The SMILES string of the molecule is Cc1cc(CCl)ccc1Oc1cccc2cccnc12. The molecule has 100 valence electrons. The first-order valence-electron chi connectivity index (χ1n) is 6.45. The summed E-state index contributed by atoms with van der Waals surface area (Å²) in [5, 5.41) is 1.07. The standard InChI is InChI=1S/C17H14ClNO/c1-12-10-13(11-18)7-8-15(12)20-16-6-2-4-14-5-3-9-19-17(14)16/h2-10H,11H2,1H3. The summed E-state index contributed by atoms with van der Waals surface area (Å²) in [4.78, 5) is 4.39. The highest BCUT2D eigenvalue weighted by Crippen LogP contribution is 2.30.